The van der Waals surface area contributed by atoms with Gasteiger partial charge < -0.3 is 38.0 Å². The third-order valence-electron chi connectivity index (χ3n) is 8.58. The fourth-order valence-electron chi connectivity index (χ4n) is 5.47. The van der Waals surface area contributed by atoms with Crippen LogP contribution < -0.4 is 9.47 Å². The molecule has 1 aliphatic rings. The van der Waals surface area contributed by atoms with Crippen molar-refractivity contribution < 1.29 is 57.1 Å². The summed E-state index contributed by atoms with van der Waals surface area (Å²) in [4.78, 5) is 65.6. The van der Waals surface area contributed by atoms with Crippen LogP contribution in [0.1, 0.15) is 67.5 Å². The minimum Gasteiger partial charge on any atom is -0.497 e. The normalized spacial score (nSPS) is 19.2. The predicted molar refractivity (Wildman–Crippen MR) is 194 cm³/mol. The van der Waals surface area contributed by atoms with Crippen molar-refractivity contribution in [2.24, 2.45) is 0 Å². The number of carbonyl (C=O) groups excluding carboxylic acids is 5. The first kappa shape index (κ1) is 39.2. The van der Waals surface area contributed by atoms with Crippen molar-refractivity contribution in [1.29, 1.82) is 0 Å². The number of carbonyl (C=O) groups is 5. The third kappa shape index (κ3) is 10.5. The monoisotopic (exact) mass is 738 g/mol. The number of Topliss-reactive ketones (excluding diaryl/α,β-unsaturated/α-hetero) is 1. The molecule has 0 amide bonds. The van der Waals surface area contributed by atoms with Crippen LogP contribution in [0.2, 0.25) is 0 Å². The van der Waals surface area contributed by atoms with Gasteiger partial charge in [0.25, 0.3) is 0 Å². The fraction of sp³-hybridized carbons (Fsp3) is 0.310. The first-order valence-corrected chi connectivity index (χ1v) is 17.3. The van der Waals surface area contributed by atoms with Crippen LogP contribution in [0.15, 0.2) is 97.1 Å². The molecule has 4 aromatic rings. The molecule has 0 saturated carbocycles. The van der Waals surface area contributed by atoms with E-state index in [1.165, 1.54) is 14.0 Å². The lowest BCUT2D eigenvalue weighted by Crippen LogP contribution is -2.63. The van der Waals surface area contributed by atoms with Gasteiger partial charge in [-0.3, -0.25) is 4.79 Å². The predicted octanol–water partition coefficient (Wildman–Crippen LogP) is 6.31. The molecule has 12 heteroatoms. The van der Waals surface area contributed by atoms with Gasteiger partial charge in [-0.1, -0.05) is 53.1 Å². The van der Waals surface area contributed by atoms with Crippen LogP contribution in [0, 0.1) is 20.8 Å². The Balaban J connectivity index is 1.59. The molecule has 0 spiro atoms. The number of methoxy groups -OCH3 is 1. The maximum absolute atomic E-state index is 13.8. The average molecular weight is 739 g/mol. The van der Waals surface area contributed by atoms with Gasteiger partial charge in [-0.05, 0) is 88.4 Å². The molecule has 0 unspecified atom stereocenters. The van der Waals surface area contributed by atoms with Crippen LogP contribution >= 0.6 is 0 Å². The average Bonchev–Trinajstić information content (AvgIpc) is 3.16. The summed E-state index contributed by atoms with van der Waals surface area (Å²) < 4.78 is 41.6. The molecular formula is C42H42O12. The number of ether oxygens (including phenoxy) is 7. The molecule has 1 heterocycles. The van der Waals surface area contributed by atoms with E-state index < -0.39 is 61.2 Å². The van der Waals surface area contributed by atoms with Gasteiger partial charge in [0.1, 0.15) is 30.0 Å². The molecule has 5 atom stereocenters. The topological polar surface area (TPSA) is 150 Å². The molecule has 12 nitrogen and oxygen atoms in total. The zero-order valence-corrected chi connectivity index (χ0v) is 30.6. The first-order valence-electron chi connectivity index (χ1n) is 17.3. The Bertz CT molecular complexity index is 1920. The van der Waals surface area contributed by atoms with Crippen LogP contribution in [-0.4, -0.2) is 74.1 Å². The minimum atomic E-state index is -1.57. The number of hydrogen-bond donors (Lipinski definition) is 0. The van der Waals surface area contributed by atoms with E-state index >= 15 is 0 Å². The first-order chi connectivity index (χ1) is 25.9. The lowest BCUT2D eigenvalue weighted by Gasteiger charge is -2.44. The van der Waals surface area contributed by atoms with E-state index in [0.717, 1.165) is 16.7 Å². The van der Waals surface area contributed by atoms with Gasteiger partial charge in [0.05, 0.1) is 30.2 Å². The molecule has 5 rings (SSSR count). The van der Waals surface area contributed by atoms with Crippen LogP contribution in [0.3, 0.4) is 0 Å². The highest BCUT2D eigenvalue weighted by Crippen LogP contribution is 2.33. The van der Waals surface area contributed by atoms with Crippen molar-refractivity contribution in [3.63, 3.8) is 0 Å². The summed E-state index contributed by atoms with van der Waals surface area (Å²) in [5.74, 6) is -2.57. The van der Waals surface area contributed by atoms with Crippen molar-refractivity contribution in [2.45, 2.75) is 71.2 Å². The molecule has 0 bridgehead atoms. The van der Waals surface area contributed by atoms with Crippen LogP contribution in [0.5, 0.6) is 11.5 Å². The highest BCUT2D eigenvalue weighted by atomic mass is 16.7. The second kappa shape index (κ2) is 18.2. The van der Waals surface area contributed by atoms with Crippen molar-refractivity contribution in [3.8, 4) is 11.5 Å². The minimum absolute atomic E-state index is 0.0484. The number of ketones is 1. The van der Waals surface area contributed by atoms with E-state index in [2.05, 4.69) is 0 Å². The third-order valence-corrected chi connectivity index (χ3v) is 8.58. The van der Waals surface area contributed by atoms with Gasteiger partial charge in [-0.2, -0.15) is 0 Å². The van der Waals surface area contributed by atoms with Gasteiger partial charge in [-0.25, -0.2) is 14.4 Å². The molecule has 1 fully saturated rings. The Hall–Kier alpha value is -6.01. The molecule has 0 radical (unpaired) electrons. The number of rotatable bonds is 14. The summed E-state index contributed by atoms with van der Waals surface area (Å²) in [6.07, 6.45) is -7.71. The van der Waals surface area contributed by atoms with Gasteiger partial charge in [0.2, 0.25) is 12.4 Å². The van der Waals surface area contributed by atoms with E-state index in [0.29, 0.717) is 5.75 Å². The van der Waals surface area contributed by atoms with Crippen molar-refractivity contribution in [2.75, 3.05) is 13.7 Å². The van der Waals surface area contributed by atoms with Crippen LogP contribution in [0.25, 0.3) is 0 Å². The summed E-state index contributed by atoms with van der Waals surface area (Å²) in [7, 11) is 1.51. The van der Waals surface area contributed by atoms with Gasteiger partial charge >= 0.3 is 23.9 Å². The summed E-state index contributed by atoms with van der Waals surface area (Å²) in [6.45, 7) is 6.42. The van der Waals surface area contributed by atoms with E-state index in [4.69, 9.17) is 33.2 Å². The smallest absolute Gasteiger partial charge is 0.338 e. The highest BCUT2D eigenvalue weighted by molar-refractivity contribution is 5.91. The Labute approximate surface area is 313 Å². The second-order valence-electron chi connectivity index (χ2n) is 12.9. The highest BCUT2D eigenvalue weighted by Gasteiger charge is 2.54. The molecule has 0 N–H and O–H groups in total. The number of aryl methyl sites for hydroxylation is 3. The Morgan fingerprint density at radius 1 is 0.556 bits per heavy atom. The SMILES string of the molecule is COc1ccc(O[C@@H]2O[C@H](COC(=O)CCC(C)=O)[C@@H](OC(=O)c3ccc(C)cc3)[C@H](OC(=O)c3ccc(C)cc3)[C@H]2OC(=O)c2ccc(C)cc2)cc1. The maximum atomic E-state index is 13.8. The van der Waals surface area contributed by atoms with Crippen LogP contribution in [-0.2, 0) is 33.3 Å². The van der Waals surface area contributed by atoms with Gasteiger partial charge in [-0.15, -0.1) is 0 Å². The molecule has 282 valence electrons. The molecular weight excluding hydrogens is 696 g/mol. The Kier molecular flexibility index (Phi) is 13.2. The lowest BCUT2D eigenvalue weighted by atomic mass is 9.97. The molecule has 0 aromatic heterocycles. The summed E-state index contributed by atoms with van der Waals surface area (Å²) in [5, 5.41) is 0. The van der Waals surface area contributed by atoms with Crippen molar-refractivity contribution in [3.05, 3.63) is 130 Å². The summed E-state index contributed by atoms with van der Waals surface area (Å²) in [5.41, 5.74) is 3.22. The standard InChI is InChI=1S/C42H42O12/c1-25-6-13-29(14-7-25)39(45)52-36-34(24-49-35(44)23-12-28(4)43)51-42(50-33-21-19-32(48-5)20-22-33)38(54-41(47)31-17-10-27(3)11-18-31)37(36)53-40(46)30-15-8-26(2)9-16-30/h6-11,13-22,34,36-38,42H,12,23-24H2,1-5H3/t34-,36-,37+,38-,42-/m1/s1. The summed E-state index contributed by atoms with van der Waals surface area (Å²) >= 11 is 0. The molecule has 1 saturated heterocycles. The molecule has 54 heavy (non-hydrogen) atoms. The molecule has 4 aromatic carbocycles. The molecule has 0 aliphatic carbocycles. The Morgan fingerprint density at radius 3 is 1.43 bits per heavy atom. The Morgan fingerprint density at radius 2 is 0.981 bits per heavy atom. The van der Waals surface area contributed by atoms with Crippen LogP contribution in [0.4, 0.5) is 0 Å². The second-order valence-corrected chi connectivity index (χ2v) is 12.9. The quantitative estimate of drug-likeness (QED) is 0.105. The zero-order valence-electron chi connectivity index (χ0n) is 30.6. The summed E-state index contributed by atoms with van der Waals surface area (Å²) in [6, 6.07) is 26.2. The van der Waals surface area contributed by atoms with Gasteiger partial charge in [0, 0.05) is 6.42 Å². The fourth-order valence-corrected chi connectivity index (χ4v) is 5.47. The van der Waals surface area contributed by atoms with Crippen molar-refractivity contribution in [1.82, 2.24) is 0 Å². The maximum Gasteiger partial charge on any atom is 0.338 e. The number of esters is 4. The van der Waals surface area contributed by atoms with Gasteiger partial charge in [0.15, 0.2) is 12.2 Å². The largest absolute Gasteiger partial charge is 0.497 e. The van der Waals surface area contributed by atoms with E-state index in [1.807, 2.05) is 20.8 Å². The number of benzene rings is 4. The molecule has 1 aliphatic heterocycles. The number of hydrogen-bond acceptors (Lipinski definition) is 12. The van der Waals surface area contributed by atoms with E-state index in [-0.39, 0.29) is 41.1 Å². The van der Waals surface area contributed by atoms with E-state index in [1.54, 1.807) is 97.1 Å². The lowest BCUT2D eigenvalue weighted by molar-refractivity contribution is -0.276. The van der Waals surface area contributed by atoms with E-state index in [9.17, 15) is 24.0 Å². The van der Waals surface area contributed by atoms with Crippen molar-refractivity contribution >= 4 is 29.7 Å². The zero-order chi connectivity index (χ0) is 38.8.